The molecule has 2 N–H and O–H groups in total. The van der Waals surface area contributed by atoms with E-state index in [9.17, 15) is 4.79 Å². The van der Waals surface area contributed by atoms with Crippen LogP contribution >= 0.6 is 12.4 Å². The first-order chi connectivity index (χ1) is 7.18. The number of nitrogens with two attached hydrogens (primary N) is 1. The zero-order chi connectivity index (χ0) is 10.8. The van der Waals surface area contributed by atoms with E-state index in [0.29, 0.717) is 12.0 Å². The van der Waals surface area contributed by atoms with Crippen LogP contribution in [0.2, 0.25) is 0 Å². The van der Waals surface area contributed by atoms with Gasteiger partial charge in [-0.2, -0.15) is 0 Å². The van der Waals surface area contributed by atoms with E-state index in [1.807, 2.05) is 4.90 Å². The van der Waals surface area contributed by atoms with Crippen molar-refractivity contribution in [3.63, 3.8) is 0 Å². The minimum Gasteiger partial charge on any atom is -0.381 e. The van der Waals surface area contributed by atoms with Crippen molar-refractivity contribution in [2.45, 2.75) is 38.3 Å². The van der Waals surface area contributed by atoms with Gasteiger partial charge in [-0.1, -0.05) is 0 Å². The zero-order valence-corrected chi connectivity index (χ0v) is 10.5. The van der Waals surface area contributed by atoms with Crippen LogP contribution in [0.5, 0.6) is 0 Å². The zero-order valence-electron chi connectivity index (χ0n) is 9.72. The highest BCUT2D eigenvalue weighted by Gasteiger charge is 2.35. The first-order valence-electron chi connectivity index (χ1n) is 5.82. The quantitative estimate of drug-likeness (QED) is 0.800. The fourth-order valence-corrected chi connectivity index (χ4v) is 2.07. The van der Waals surface area contributed by atoms with Crippen LogP contribution in [0.1, 0.15) is 26.2 Å². The lowest BCUT2D eigenvalue weighted by atomic mass is 10.1. The fraction of sp³-hybridized carbons (Fsp3) is 0.909. The second-order valence-electron chi connectivity index (χ2n) is 4.74. The lowest BCUT2D eigenvalue weighted by Crippen LogP contribution is -2.45. The van der Waals surface area contributed by atoms with Crippen LogP contribution in [0.3, 0.4) is 0 Å². The number of carbonyl (C=O) groups is 1. The van der Waals surface area contributed by atoms with Crippen molar-refractivity contribution in [3.8, 4) is 0 Å². The number of nitrogens with zero attached hydrogens (tertiary/aromatic N) is 1. The maximum atomic E-state index is 11.9. The lowest BCUT2D eigenvalue weighted by molar-refractivity contribution is -0.133. The summed E-state index contributed by atoms with van der Waals surface area (Å²) in [4.78, 5) is 13.8. The summed E-state index contributed by atoms with van der Waals surface area (Å²) in [6.07, 6.45) is 3.37. The molecule has 2 rings (SSSR count). The van der Waals surface area contributed by atoms with E-state index in [1.54, 1.807) is 6.92 Å². The smallest absolute Gasteiger partial charge is 0.239 e. The third kappa shape index (κ3) is 3.34. The third-order valence-corrected chi connectivity index (χ3v) is 3.14. The summed E-state index contributed by atoms with van der Waals surface area (Å²) in [6, 6.07) is 0.0945. The van der Waals surface area contributed by atoms with Crippen molar-refractivity contribution in [1.29, 1.82) is 0 Å². The summed E-state index contributed by atoms with van der Waals surface area (Å²) in [5.74, 6) is 0.623. The Labute approximate surface area is 103 Å². The molecule has 2 aliphatic rings. The van der Waals surface area contributed by atoms with E-state index in [4.69, 9.17) is 10.5 Å². The Morgan fingerprint density at radius 2 is 2.19 bits per heavy atom. The molecule has 2 fully saturated rings. The average molecular weight is 249 g/mol. The molecule has 1 heterocycles. The molecule has 0 aromatic heterocycles. The van der Waals surface area contributed by atoms with Crippen LogP contribution in [0.25, 0.3) is 0 Å². The van der Waals surface area contributed by atoms with Crippen molar-refractivity contribution >= 4 is 18.3 Å². The maximum absolute atomic E-state index is 11.9. The molecule has 1 amide bonds. The van der Waals surface area contributed by atoms with Gasteiger partial charge in [0, 0.05) is 25.1 Å². The van der Waals surface area contributed by atoms with E-state index in [2.05, 4.69) is 0 Å². The monoisotopic (exact) mass is 248 g/mol. The van der Waals surface area contributed by atoms with Gasteiger partial charge in [0.25, 0.3) is 0 Å². The van der Waals surface area contributed by atoms with Crippen molar-refractivity contribution in [2.24, 2.45) is 11.7 Å². The number of hydrogen-bond acceptors (Lipinski definition) is 3. The molecule has 1 saturated heterocycles. The summed E-state index contributed by atoms with van der Waals surface area (Å²) >= 11 is 0. The predicted molar refractivity (Wildman–Crippen MR) is 64.6 cm³/mol. The molecule has 0 spiro atoms. The SMILES string of the molecule is C[C@@H](N)C(=O)N(CC1CCOC1)C1CC1.Cl. The van der Waals surface area contributed by atoms with Gasteiger partial charge in [-0.15, -0.1) is 12.4 Å². The van der Waals surface area contributed by atoms with Crippen LogP contribution in [-0.2, 0) is 9.53 Å². The fourth-order valence-electron chi connectivity index (χ4n) is 2.07. The van der Waals surface area contributed by atoms with Gasteiger partial charge in [-0.25, -0.2) is 0 Å². The molecule has 1 unspecified atom stereocenters. The van der Waals surface area contributed by atoms with Gasteiger partial charge in [0.1, 0.15) is 0 Å². The van der Waals surface area contributed by atoms with Crippen LogP contribution < -0.4 is 5.73 Å². The molecule has 16 heavy (non-hydrogen) atoms. The summed E-state index contributed by atoms with van der Waals surface area (Å²) in [5, 5.41) is 0. The Bertz CT molecular complexity index is 238. The molecule has 0 bridgehead atoms. The molecule has 0 radical (unpaired) electrons. The van der Waals surface area contributed by atoms with E-state index in [-0.39, 0.29) is 24.4 Å². The Hall–Kier alpha value is -0.320. The van der Waals surface area contributed by atoms with Gasteiger partial charge >= 0.3 is 0 Å². The van der Waals surface area contributed by atoms with Gasteiger partial charge in [0.2, 0.25) is 5.91 Å². The van der Waals surface area contributed by atoms with Gasteiger partial charge in [-0.05, 0) is 26.2 Å². The van der Waals surface area contributed by atoms with Gasteiger partial charge in [0.15, 0.2) is 0 Å². The van der Waals surface area contributed by atoms with E-state index >= 15 is 0 Å². The highest BCUT2D eigenvalue weighted by atomic mass is 35.5. The molecule has 1 saturated carbocycles. The van der Waals surface area contributed by atoms with Gasteiger partial charge < -0.3 is 15.4 Å². The minimum absolute atomic E-state index is 0. The molecular weight excluding hydrogens is 228 g/mol. The standard InChI is InChI=1S/C11H20N2O2.ClH/c1-8(12)11(14)13(10-2-3-10)6-9-4-5-15-7-9;/h8-10H,2-7,12H2,1H3;1H/t8-,9?;/m1./s1. The molecule has 4 nitrogen and oxygen atoms in total. The number of carbonyl (C=O) groups excluding carboxylic acids is 1. The van der Waals surface area contributed by atoms with Crippen molar-refractivity contribution < 1.29 is 9.53 Å². The lowest BCUT2D eigenvalue weighted by Gasteiger charge is -2.26. The summed E-state index contributed by atoms with van der Waals surface area (Å²) in [5.41, 5.74) is 5.65. The summed E-state index contributed by atoms with van der Waals surface area (Å²) < 4.78 is 5.33. The van der Waals surface area contributed by atoms with Crippen molar-refractivity contribution in [3.05, 3.63) is 0 Å². The van der Waals surface area contributed by atoms with Crippen LogP contribution in [-0.4, -0.2) is 42.6 Å². The molecule has 1 aliphatic carbocycles. The average Bonchev–Trinajstić information content (AvgIpc) is 2.92. The van der Waals surface area contributed by atoms with Crippen LogP contribution in [0.4, 0.5) is 0 Å². The largest absolute Gasteiger partial charge is 0.381 e. The van der Waals surface area contributed by atoms with Gasteiger partial charge in [-0.3, -0.25) is 4.79 Å². The van der Waals surface area contributed by atoms with E-state index < -0.39 is 0 Å². The molecule has 5 heteroatoms. The number of hydrogen-bond donors (Lipinski definition) is 1. The highest BCUT2D eigenvalue weighted by Crippen LogP contribution is 2.29. The number of rotatable bonds is 4. The number of amides is 1. The normalized spacial score (nSPS) is 26.0. The topological polar surface area (TPSA) is 55.6 Å². The second-order valence-corrected chi connectivity index (χ2v) is 4.74. The van der Waals surface area contributed by atoms with Gasteiger partial charge in [0.05, 0.1) is 12.6 Å². The molecule has 0 aromatic rings. The maximum Gasteiger partial charge on any atom is 0.239 e. The molecule has 1 aliphatic heterocycles. The Balaban J connectivity index is 0.00000128. The summed E-state index contributed by atoms with van der Waals surface area (Å²) in [6.45, 7) is 4.25. The first-order valence-corrected chi connectivity index (χ1v) is 5.82. The van der Waals surface area contributed by atoms with E-state index in [0.717, 1.165) is 39.0 Å². The van der Waals surface area contributed by atoms with E-state index in [1.165, 1.54) is 0 Å². The highest BCUT2D eigenvalue weighted by molar-refractivity contribution is 5.85. The molecular formula is C11H21ClN2O2. The van der Waals surface area contributed by atoms with Crippen molar-refractivity contribution in [2.75, 3.05) is 19.8 Å². The molecule has 2 atom stereocenters. The second kappa shape index (κ2) is 5.84. The van der Waals surface area contributed by atoms with Crippen LogP contribution in [0.15, 0.2) is 0 Å². The van der Waals surface area contributed by atoms with Crippen LogP contribution in [0, 0.1) is 5.92 Å². The summed E-state index contributed by atoms with van der Waals surface area (Å²) in [7, 11) is 0. The molecule has 94 valence electrons. The Morgan fingerprint density at radius 3 is 2.62 bits per heavy atom. The predicted octanol–water partition coefficient (Wildman–Crippen LogP) is 0.783. The molecule has 0 aromatic carbocycles. The third-order valence-electron chi connectivity index (χ3n) is 3.14. The Kier molecular flexibility index (Phi) is 5.02. The number of ether oxygens (including phenoxy) is 1. The Morgan fingerprint density at radius 1 is 1.50 bits per heavy atom. The number of halogens is 1. The minimum atomic E-state index is -0.368. The first kappa shape index (κ1) is 13.7. The van der Waals surface area contributed by atoms with Crippen molar-refractivity contribution in [1.82, 2.24) is 4.90 Å².